The minimum atomic E-state index is -1.78. The smallest absolute Gasteiger partial charge is 0.335 e. The summed E-state index contributed by atoms with van der Waals surface area (Å²) in [5.41, 5.74) is 5.41. The van der Waals surface area contributed by atoms with Gasteiger partial charge in [-0.1, -0.05) is 0 Å². The third-order valence-corrected chi connectivity index (χ3v) is 5.06. The Hall–Kier alpha value is -0.990. The van der Waals surface area contributed by atoms with Gasteiger partial charge in [-0.3, -0.25) is 4.79 Å². The van der Waals surface area contributed by atoms with Crippen LogP contribution in [0.15, 0.2) is 0 Å². The highest BCUT2D eigenvalue weighted by atomic mass is 32.2. The molecule has 5 atom stereocenters. The predicted molar refractivity (Wildman–Crippen MR) is 113 cm³/mol. The molecule has 0 fully saturated rings. The standard InChI is InChI=1S/C19H37NO10S/c1-3-27-11-13(21)17(24)18(25)14(22)12-30-19(26)15(10-16(23)28-4-2)29-7-5-8-31-9-6-20/h13-15,17-18,21-22,24-25H,3-12,20H2,1-2H3/t13-,14-,15+,17+,18-/m1/s1. The Morgan fingerprint density at radius 2 is 1.58 bits per heavy atom. The van der Waals surface area contributed by atoms with Gasteiger partial charge in [0.1, 0.15) is 31.0 Å². The normalized spacial score (nSPS) is 16.2. The molecule has 0 unspecified atom stereocenters. The SMILES string of the molecule is CCOC[C@@H](O)[C@H](O)[C@H](O)[C@H](O)COC(=O)[C@H](CC(=O)OCC)OCCCSCCN. The predicted octanol–water partition coefficient (Wildman–Crippen LogP) is -1.57. The lowest BCUT2D eigenvalue weighted by molar-refractivity contribution is -0.171. The largest absolute Gasteiger partial charge is 0.466 e. The van der Waals surface area contributed by atoms with Crippen molar-refractivity contribution in [2.45, 2.75) is 57.2 Å². The molecule has 0 aliphatic carbocycles. The number of ether oxygens (including phenoxy) is 4. The number of aliphatic hydroxyl groups is 4. The van der Waals surface area contributed by atoms with Crippen LogP contribution >= 0.6 is 11.8 Å². The molecule has 0 amide bonds. The second kappa shape index (κ2) is 18.6. The summed E-state index contributed by atoms with van der Waals surface area (Å²) in [5.74, 6) is 0.0143. The van der Waals surface area contributed by atoms with Gasteiger partial charge in [0.15, 0.2) is 6.10 Å². The monoisotopic (exact) mass is 471 g/mol. The molecule has 0 radical (unpaired) electrons. The molecule has 0 heterocycles. The summed E-state index contributed by atoms with van der Waals surface area (Å²) < 4.78 is 20.2. The number of hydrogen-bond donors (Lipinski definition) is 5. The molecule has 0 saturated heterocycles. The summed E-state index contributed by atoms with van der Waals surface area (Å²) in [6.45, 7) is 3.62. The lowest BCUT2D eigenvalue weighted by Gasteiger charge is -2.26. The third-order valence-electron chi connectivity index (χ3n) is 3.96. The molecule has 0 aromatic carbocycles. The number of thioether (sulfide) groups is 1. The summed E-state index contributed by atoms with van der Waals surface area (Å²) in [4.78, 5) is 24.1. The Bertz CT molecular complexity index is 485. The number of nitrogens with two attached hydrogens (primary N) is 1. The van der Waals surface area contributed by atoms with Gasteiger partial charge >= 0.3 is 11.9 Å². The highest BCUT2D eigenvalue weighted by molar-refractivity contribution is 7.99. The van der Waals surface area contributed by atoms with Crippen molar-refractivity contribution < 1.29 is 49.0 Å². The number of aliphatic hydroxyl groups excluding tert-OH is 4. The summed E-state index contributed by atoms with van der Waals surface area (Å²) in [5, 5.41) is 39.5. The minimum Gasteiger partial charge on any atom is -0.466 e. The molecular weight excluding hydrogens is 434 g/mol. The molecule has 0 aliphatic rings. The van der Waals surface area contributed by atoms with Gasteiger partial charge in [0.2, 0.25) is 0 Å². The van der Waals surface area contributed by atoms with E-state index in [2.05, 4.69) is 0 Å². The van der Waals surface area contributed by atoms with Crippen molar-refractivity contribution in [2.75, 3.05) is 51.1 Å². The van der Waals surface area contributed by atoms with Crippen LogP contribution in [0.3, 0.4) is 0 Å². The maximum absolute atomic E-state index is 12.3. The molecule has 6 N–H and O–H groups in total. The second-order valence-electron chi connectivity index (χ2n) is 6.53. The van der Waals surface area contributed by atoms with E-state index in [0.29, 0.717) is 19.6 Å². The number of carbonyl (C=O) groups is 2. The number of rotatable bonds is 19. The third kappa shape index (κ3) is 13.9. The zero-order valence-electron chi connectivity index (χ0n) is 18.2. The first kappa shape index (κ1) is 30.0. The van der Waals surface area contributed by atoms with Crippen LogP contribution in [0.2, 0.25) is 0 Å². The van der Waals surface area contributed by atoms with E-state index in [1.807, 2.05) is 0 Å². The van der Waals surface area contributed by atoms with E-state index in [1.165, 1.54) is 0 Å². The second-order valence-corrected chi connectivity index (χ2v) is 7.75. The number of carbonyl (C=O) groups excluding carboxylic acids is 2. The highest BCUT2D eigenvalue weighted by Gasteiger charge is 2.32. The van der Waals surface area contributed by atoms with Gasteiger partial charge in [-0.25, -0.2) is 4.79 Å². The molecule has 11 nitrogen and oxygen atoms in total. The van der Waals surface area contributed by atoms with E-state index in [1.54, 1.807) is 25.6 Å². The van der Waals surface area contributed by atoms with Crippen molar-refractivity contribution in [3.05, 3.63) is 0 Å². The zero-order chi connectivity index (χ0) is 23.6. The Balaban J connectivity index is 4.63. The molecule has 0 aromatic rings. The van der Waals surface area contributed by atoms with Crippen molar-refractivity contribution in [3.8, 4) is 0 Å². The van der Waals surface area contributed by atoms with Gasteiger partial charge < -0.3 is 45.1 Å². The van der Waals surface area contributed by atoms with E-state index in [4.69, 9.17) is 24.7 Å². The zero-order valence-corrected chi connectivity index (χ0v) is 19.0. The van der Waals surface area contributed by atoms with Gasteiger partial charge in [0, 0.05) is 25.5 Å². The van der Waals surface area contributed by atoms with Gasteiger partial charge in [-0.15, -0.1) is 0 Å². The van der Waals surface area contributed by atoms with Crippen molar-refractivity contribution in [1.82, 2.24) is 0 Å². The maximum Gasteiger partial charge on any atom is 0.335 e. The molecule has 0 bridgehead atoms. The van der Waals surface area contributed by atoms with Gasteiger partial charge in [-0.2, -0.15) is 11.8 Å². The van der Waals surface area contributed by atoms with E-state index in [9.17, 15) is 30.0 Å². The van der Waals surface area contributed by atoms with Crippen LogP contribution < -0.4 is 5.73 Å². The first-order chi connectivity index (χ1) is 14.8. The first-order valence-corrected chi connectivity index (χ1v) is 11.4. The molecule has 0 rings (SSSR count). The molecule has 0 saturated carbocycles. The van der Waals surface area contributed by atoms with Gasteiger partial charge in [0.05, 0.1) is 19.6 Å². The molecule has 184 valence electrons. The average molecular weight is 472 g/mol. The number of hydrogen-bond acceptors (Lipinski definition) is 12. The van der Waals surface area contributed by atoms with Crippen LogP contribution in [-0.2, 0) is 28.5 Å². The minimum absolute atomic E-state index is 0.142. The van der Waals surface area contributed by atoms with Crippen molar-refractivity contribution in [2.24, 2.45) is 5.73 Å². The van der Waals surface area contributed by atoms with Crippen LogP contribution in [0.4, 0.5) is 0 Å². The average Bonchev–Trinajstić information content (AvgIpc) is 2.75. The van der Waals surface area contributed by atoms with Crippen LogP contribution in [-0.4, -0.2) is 114 Å². The number of esters is 2. The van der Waals surface area contributed by atoms with Crippen molar-refractivity contribution in [3.63, 3.8) is 0 Å². The van der Waals surface area contributed by atoms with Gasteiger partial charge in [0.25, 0.3) is 0 Å². The van der Waals surface area contributed by atoms with Crippen LogP contribution in [0, 0.1) is 0 Å². The van der Waals surface area contributed by atoms with E-state index < -0.39 is 49.1 Å². The van der Waals surface area contributed by atoms with Crippen LogP contribution in [0.5, 0.6) is 0 Å². The van der Waals surface area contributed by atoms with Crippen molar-refractivity contribution >= 4 is 23.7 Å². The lowest BCUT2D eigenvalue weighted by Crippen LogP contribution is -2.48. The van der Waals surface area contributed by atoms with Crippen molar-refractivity contribution in [1.29, 1.82) is 0 Å². The van der Waals surface area contributed by atoms with E-state index >= 15 is 0 Å². The Morgan fingerprint density at radius 3 is 2.16 bits per heavy atom. The molecule has 31 heavy (non-hydrogen) atoms. The highest BCUT2D eigenvalue weighted by Crippen LogP contribution is 2.10. The Kier molecular flexibility index (Phi) is 18.0. The van der Waals surface area contributed by atoms with Crippen LogP contribution in [0.1, 0.15) is 26.7 Å². The summed E-state index contributed by atoms with van der Waals surface area (Å²) in [6, 6.07) is 0. The fourth-order valence-electron chi connectivity index (χ4n) is 2.31. The topological polar surface area (TPSA) is 178 Å². The molecule has 12 heteroatoms. The molecule has 0 spiro atoms. The molecule has 0 aromatic heterocycles. The molecular formula is C19H37NO10S. The molecule has 0 aliphatic heterocycles. The van der Waals surface area contributed by atoms with Gasteiger partial charge in [-0.05, 0) is 26.0 Å². The maximum atomic E-state index is 12.3. The fraction of sp³-hybridized carbons (Fsp3) is 0.895. The van der Waals surface area contributed by atoms with E-state index in [0.717, 1.165) is 11.5 Å². The quantitative estimate of drug-likeness (QED) is 0.108. The summed E-state index contributed by atoms with van der Waals surface area (Å²) >= 11 is 1.64. The van der Waals surface area contributed by atoms with E-state index in [-0.39, 0.29) is 26.2 Å². The Labute approximate surface area is 187 Å². The lowest BCUT2D eigenvalue weighted by atomic mass is 10.0. The first-order valence-electron chi connectivity index (χ1n) is 10.3. The van der Waals surface area contributed by atoms with Crippen LogP contribution in [0.25, 0.3) is 0 Å². The summed E-state index contributed by atoms with van der Waals surface area (Å²) in [7, 11) is 0. The fourth-order valence-corrected chi connectivity index (χ4v) is 3.00. The Morgan fingerprint density at radius 1 is 0.935 bits per heavy atom. The summed E-state index contributed by atoms with van der Waals surface area (Å²) in [6.07, 6.45) is -7.58.